The van der Waals surface area contributed by atoms with Crippen molar-refractivity contribution in [3.8, 4) is 11.3 Å². The summed E-state index contributed by atoms with van der Waals surface area (Å²) in [4.78, 5) is 5.01. The fourth-order valence-corrected chi connectivity index (χ4v) is 2.62. The van der Waals surface area contributed by atoms with Gasteiger partial charge < -0.3 is 5.11 Å². The van der Waals surface area contributed by atoms with E-state index >= 15 is 0 Å². The zero-order valence-electron chi connectivity index (χ0n) is 8.34. The zero-order chi connectivity index (χ0) is 11.0. The highest BCUT2D eigenvalue weighted by molar-refractivity contribution is 7.19. The van der Waals surface area contributed by atoms with Gasteiger partial charge in [0.15, 0.2) is 0 Å². The van der Waals surface area contributed by atoms with Crippen LogP contribution in [0.1, 0.15) is 4.88 Å². The van der Waals surface area contributed by atoms with Crippen molar-refractivity contribution in [2.75, 3.05) is 0 Å². The van der Waals surface area contributed by atoms with Gasteiger partial charge in [-0.2, -0.15) is 5.10 Å². The first kappa shape index (κ1) is 9.50. The van der Waals surface area contributed by atoms with Crippen molar-refractivity contribution in [3.05, 3.63) is 35.5 Å². The summed E-state index contributed by atoms with van der Waals surface area (Å²) < 4.78 is 1.07. The van der Waals surface area contributed by atoms with E-state index in [0.717, 1.165) is 26.4 Å². The summed E-state index contributed by atoms with van der Waals surface area (Å²) in [6.07, 6.45) is 3.52. The second-order valence-corrected chi connectivity index (χ2v) is 4.56. The van der Waals surface area contributed by atoms with Crippen molar-refractivity contribution in [2.45, 2.75) is 6.61 Å². The molecule has 0 saturated carbocycles. The molecule has 2 N–H and O–H groups in total. The van der Waals surface area contributed by atoms with E-state index in [9.17, 15) is 0 Å². The number of hydrogen-bond donors (Lipinski definition) is 2. The van der Waals surface area contributed by atoms with Gasteiger partial charge in [0.1, 0.15) is 5.69 Å². The van der Waals surface area contributed by atoms with E-state index in [2.05, 4.69) is 15.2 Å². The molecule has 80 valence electrons. The van der Waals surface area contributed by atoms with Crippen LogP contribution in [0.5, 0.6) is 0 Å². The first-order valence-corrected chi connectivity index (χ1v) is 5.68. The van der Waals surface area contributed by atoms with Crippen molar-refractivity contribution < 1.29 is 5.11 Å². The summed E-state index contributed by atoms with van der Waals surface area (Å²) >= 11 is 1.55. The molecule has 3 rings (SSSR count). The predicted octanol–water partition coefficient (Wildman–Crippen LogP) is 2.18. The summed E-state index contributed by atoms with van der Waals surface area (Å²) in [7, 11) is 0. The smallest absolute Gasteiger partial charge is 0.111 e. The third-order valence-electron chi connectivity index (χ3n) is 2.38. The Hall–Kier alpha value is -1.72. The Labute approximate surface area is 95.6 Å². The molecule has 0 fully saturated rings. The first-order valence-electron chi connectivity index (χ1n) is 4.86. The average molecular weight is 231 g/mol. The minimum atomic E-state index is 0.0691. The minimum Gasteiger partial charge on any atom is -0.391 e. The molecule has 0 aliphatic carbocycles. The van der Waals surface area contributed by atoms with E-state index in [-0.39, 0.29) is 6.61 Å². The van der Waals surface area contributed by atoms with Gasteiger partial charge in [0.05, 0.1) is 16.8 Å². The van der Waals surface area contributed by atoms with Crippen LogP contribution in [-0.2, 0) is 6.61 Å². The highest BCUT2D eigenvalue weighted by Gasteiger charge is 2.11. The lowest BCUT2D eigenvalue weighted by Gasteiger charge is -1.93. The van der Waals surface area contributed by atoms with Gasteiger partial charge in [-0.3, -0.25) is 10.1 Å². The molecule has 0 atom stereocenters. The van der Waals surface area contributed by atoms with Crippen molar-refractivity contribution in [1.82, 2.24) is 15.2 Å². The zero-order valence-corrected chi connectivity index (χ0v) is 9.16. The maximum atomic E-state index is 9.08. The van der Waals surface area contributed by atoms with Crippen molar-refractivity contribution in [1.29, 1.82) is 0 Å². The lowest BCUT2D eigenvalue weighted by Crippen LogP contribution is -1.79. The maximum absolute atomic E-state index is 9.08. The van der Waals surface area contributed by atoms with E-state index in [1.165, 1.54) is 0 Å². The van der Waals surface area contributed by atoms with Gasteiger partial charge in [-0.1, -0.05) is 0 Å². The fraction of sp³-hybridized carbons (Fsp3) is 0.0909. The number of thiophene rings is 1. The summed E-state index contributed by atoms with van der Waals surface area (Å²) in [6.45, 7) is 0.0691. The van der Waals surface area contributed by atoms with Gasteiger partial charge in [-0.25, -0.2) is 0 Å². The number of fused-ring (bicyclic) bond motifs is 1. The quantitative estimate of drug-likeness (QED) is 0.710. The van der Waals surface area contributed by atoms with Crippen LogP contribution in [0.15, 0.2) is 30.6 Å². The van der Waals surface area contributed by atoms with Crippen molar-refractivity contribution >= 4 is 21.6 Å². The minimum absolute atomic E-state index is 0.0691. The van der Waals surface area contributed by atoms with Crippen LogP contribution in [0.25, 0.3) is 21.5 Å². The summed E-state index contributed by atoms with van der Waals surface area (Å²) in [6, 6.07) is 5.78. The maximum Gasteiger partial charge on any atom is 0.111 e. The number of hydrogen-bond acceptors (Lipinski definition) is 4. The van der Waals surface area contributed by atoms with Crippen LogP contribution in [0.3, 0.4) is 0 Å². The predicted molar refractivity (Wildman–Crippen MR) is 63.1 cm³/mol. The number of pyridine rings is 1. The van der Waals surface area contributed by atoms with Gasteiger partial charge in [-0.15, -0.1) is 11.3 Å². The van der Waals surface area contributed by atoms with Gasteiger partial charge >= 0.3 is 0 Å². The Morgan fingerprint density at radius 2 is 2.38 bits per heavy atom. The highest BCUT2D eigenvalue weighted by atomic mass is 32.1. The molecule has 0 aromatic carbocycles. The molecule has 0 aliphatic rings. The fourth-order valence-electron chi connectivity index (χ4n) is 1.64. The van der Waals surface area contributed by atoms with Gasteiger partial charge in [-0.05, 0) is 18.2 Å². The number of rotatable bonds is 2. The van der Waals surface area contributed by atoms with Gasteiger partial charge in [0, 0.05) is 22.8 Å². The lowest BCUT2D eigenvalue weighted by atomic mass is 10.2. The average Bonchev–Trinajstić information content (AvgIpc) is 2.88. The molecule has 0 amide bonds. The van der Waals surface area contributed by atoms with Gasteiger partial charge in [0.2, 0.25) is 0 Å². The summed E-state index contributed by atoms with van der Waals surface area (Å²) in [5.74, 6) is 0. The molecule has 3 aromatic rings. The molecule has 0 spiro atoms. The van der Waals surface area contributed by atoms with Crippen LogP contribution in [0, 0.1) is 0 Å². The Balaban J connectivity index is 2.20. The summed E-state index contributed by atoms with van der Waals surface area (Å²) in [5.41, 5.74) is 2.85. The SMILES string of the molecule is OCc1cc2[nH]nc(-c3cccnc3)c2s1. The molecule has 16 heavy (non-hydrogen) atoms. The number of aliphatic hydroxyl groups is 1. The van der Waals surface area contributed by atoms with Crippen LogP contribution < -0.4 is 0 Å². The van der Waals surface area contributed by atoms with Crippen LogP contribution in [0.4, 0.5) is 0 Å². The van der Waals surface area contributed by atoms with E-state index in [0.29, 0.717) is 0 Å². The Morgan fingerprint density at radius 3 is 3.12 bits per heavy atom. The number of aromatic nitrogens is 3. The van der Waals surface area contributed by atoms with Gasteiger partial charge in [0.25, 0.3) is 0 Å². The Kier molecular flexibility index (Phi) is 2.19. The number of aliphatic hydroxyl groups excluding tert-OH is 1. The normalized spacial score (nSPS) is 11.1. The van der Waals surface area contributed by atoms with E-state index in [4.69, 9.17) is 5.11 Å². The number of aromatic amines is 1. The second kappa shape index (κ2) is 3.70. The van der Waals surface area contributed by atoms with Crippen molar-refractivity contribution in [3.63, 3.8) is 0 Å². The molecular weight excluding hydrogens is 222 g/mol. The lowest BCUT2D eigenvalue weighted by molar-refractivity contribution is 0.285. The largest absolute Gasteiger partial charge is 0.391 e. The number of nitrogens with one attached hydrogen (secondary N) is 1. The molecular formula is C11H9N3OS. The van der Waals surface area contributed by atoms with Crippen molar-refractivity contribution in [2.24, 2.45) is 0 Å². The van der Waals surface area contributed by atoms with Crippen LogP contribution in [0.2, 0.25) is 0 Å². The third kappa shape index (κ3) is 1.41. The molecule has 0 saturated heterocycles. The molecule has 3 aromatic heterocycles. The summed E-state index contributed by atoms with van der Waals surface area (Å²) in [5, 5.41) is 16.3. The monoisotopic (exact) mass is 231 g/mol. The molecule has 4 nitrogen and oxygen atoms in total. The van der Waals surface area contributed by atoms with Crippen LogP contribution >= 0.6 is 11.3 Å². The van der Waals surface area contributed by atoms with Crippen LogP contribution in [-0.4, -0.2) is 20.3 Å². The van der Waals surface area contributed by atoms with E-state index in [1.54, 1.807) is 23.7 Å². The topological polar surface area (TPSA) is 61.8 Å². The molecule has 5 heteroatoms. The molecule has 3 heterocycles. The molecule has 0 radical (unpaired) electrons. The Bertz CT molecular complexity index is 614. The highest BCUT2D eigenvalue weighted by Crippen LogP contribution is 2.32. The van der Waals surface area contributed by atoms with E-state index < -0.39 is 0 Å². The first-order chi connectivity index (χ1) is 7.88. The standard InChI is InChI=1S/C11H9N3OS/c15-6-8-4-9-11(16-8)10(14-13-9)7-2-1-3-12-5-7/h1-5,15H,6H2,(H,13,14). The number of nitrogens with zero attached hydrogens (tertiary/aromatic N) is 2. The third-order valence-corrected chi connectivity index (χ3v) is 3.50. The number of H-pyrrole nitrogens is 1. The van der Waals surface area contributed by atoms with E-state index in [1.807, 2.05) is 18.2 Å². The second-order valence-electron chi connectivity index (χ2n) is 3.43. The Morgan fingerprint density at radius 1 is 1.44 bits per heavy atom. The molecule has 0 bridgehead atoms. The molecule has 0 unspecified atom stereocenters. The molecule has 0 aliphatic heterocycles.